The molecule has 0 bridgehead atoms. The van der Waals surface area contributed by atoms with Gasteiger partial charge < -0.3 is 24.8 Å². The molecule has 0 aliphatic heterocycles. The molecule has 0 aromatic rings. The minimum atomic E-state index is -1.16. The fourth-order valence-corrected chi connectivity index (χ4v) is 1.51. The van der Waals surface area contributed by atoms with E-state index in [9.17, 15) is 9.59 Å². The molecule has 0 aromatic heterocycles. The Labute approximate surface area is 125 Å². The first-order chi connectivity index (χ1) is 10.1. The SMILES string of the molecule is C#CCC(NC(=O)N(CCOCC)CCOCC)C(=O)O. The van der Waals surface area contributed by atoms with Crippen LogP contribution in [0.3, 0.4) is 0 Å². The molecule has 1 unspecified atom stereocenters. The number of carbonyl (C=O) groups is 2. The first-order valence-corrected chi connectivity index (χ1v) is 6.93. The molecule has 0 spiro atoms. The molecule has 2 amide bonds. The van der Waals surface area contributed by atoms with Crippen LogP contribution in [0.1, 0.15) is 20.3 Å². The van der Waals surface area contributed by atoms with Gasteiger partial charge in [-0.15, -0.1) is 12.3 Å². The predicted octanol–water partition coefficient (Wildman–Crippen LogP) is 0.547. The molecule has 7 heteroatoms. The van der Waals surface area contributed by atoms with Crippen LogP contribution in [0.15, 0.2) is 0 Å². The van der Waals surface area contributed by atoms with Gasteiger partial charge in [0.05, 0.1) is 13.2 Å². The second kappa shape index (κ2) is 12.0. The van der Waals surface area contributed by atoms with Crippen molar-refractivity contribution in [2.24, 2.45) is 0 Å². The molecule has 2 N–H and O–H groups in total. The highest BCUT2D eigenvalue weighted by Crippen LogP contribution is 1.97. The monoisotopic (exact) mass is 300 g/mol. The van der Waals surface area contributed by atoms with E-state index in [-0.39, 0.29) is 6.42 Å². The van der Waals surface area contributed by atoms with Crippen LogP contribution in [-0.4, -0.2) is 67.6 Å². The van der Waals surface area contributed by atoms with Gasteiger partial charge >= 0.3 is 12.0 Å². The highest BCUT2D eigenvalue weighted by molar-refractivity contribution is 5.82. The van der Waals surface area contributed by atoms with Crippen molar-refractivity contribution in [1.82, 2.24) is 10.2 Å². The van der Waals surface area contributed by atoms with Crippen LogP contribution < -0.4 is 5.32 Å². The summed E-state index contributed by atoms with van der Waals surface area (Å²) in [4.78, 5) is 24.5. The van der Waals surface area contributed by atoms with Crippen molar-refractivity contribution in [2.75, 3.05) is 39.5 Å². The van der Waals surface area contributed by atoms with E-state index in [2.05, 4.69) is 11.2 Å². The second-order valence-corrected chi connectivity index (χ2v) is 4.13. The average molecular weight is 300 g/mol. The lowest BCUT2D eigenvalue weighted by atomic mass is 10.2. The van der Waals surface area contributed by atoms with Crippen molar-refractivity contribution in [3.05, 3.63) is 0 Å². The number of hydrogen-bond acceptors (Lipinski definition) is 4. The summed E-state index contributed by atoms with van der Waals surface area (Å²) in [5.74, 6) is 1.08. The number of nitrogens with zero attached hydrogens (tertiary/aromatic N) is 1. The van der Waals surface area contributed by atoms with Gasteiger partial charge in [0.1, 0.15) is 6.04 Å². The van der Waals surface area contributed by atoms with Crippen molar-refractivity contribution in [3.8, 4) is 12.3 Å². The van der Waals surface area contributed by atoms with Crippen molar-refractivity contribution in [3.63, 3.8) is 0 Å². The van der Waals surface area contributed by atoms with Crippen LogP contribution in [-0.2, 0) is 14.3 Å². The Hall–Kier alpha value is -1.78. The lowest BCUT2D eigenvalue weighted by molar-refractivity contribution is -0.139. The Morgan fingerprint density at radius 1 is 1.24 bits per heavy atom. The second-order valence-electron chi connectivity index (χ2n) is 4.13. The number of hydrogen-bond donors (Lipinski definition) is 2. The number of urea groups is 1. The van der Waals surface area contributed by atoms with E-state index in [1.165, 1.54) is 4.90 Å². The van der Waals surface area contributed by atoms with Crippen molar-refractivity contribution < 1.29 is 24.2 Å². The standard InChI is InChI=1S/C14H24N2O5/c1-4-7-12(13(17)18)15-14(19)16(8-10-20-5-2)9-11-21-6-3/h1,12H,5-11H2,2-3H3,(H,15,19)(H,17,18). The fraction of sp³-hybridized carbons (Fsp3) is 0.714. The van der Waals surface area contributed by atoms with E-state index in [0.29, 0.717) is 39.5 Å². The van der Waals surface area contributed by atoms with Crippen molar-refractivity contribution >= 4 is 12.0 Å². The van der Waals surface area contributed by atoms with E-state index >= 15 is 0 Å². The van der Waals surface area contributed by atoms with Gasteiger partial charge in [0, 0.05) is 32.7 Å². The molecule has 0 saturated heterocycles. The molecule has 0 aliphatic carbocycles. The number of carboxylic acids is 1. The summed E-state index contributed by atoms with van der Waals surface area (Å²) in [6, 6.07) is -1.58. The zero-order valence-electron chi connectivity index (χ0n) is 12.6. The minimum Gasteiger partial charge on any atom is -0.480 e. The molecule has 0 aromatic carbocycles. The average Bonchev–Trinajstić information content (AvgIpc) is 2.45. The summed E-state index contributed by atoms with van der Waals surface area (Å²) in [6.45, 7) is 6.29. The van der Waals surface area contributed by atoms with Crippen molar-refractivity contribution in [1.29, 1.82) is 0 Å². The topological polar surface area (TPSA) is 88.1 Å². The number of nitrogens with one attached hydrogen (secondary N) is 1. The fourth-order valence-electron chi connectivity index (χ4n) is 1.51. The van der Waals surface area contributed by atoms with Crippen LogP contribution in [0, 0.1) is 12.3 Å². The molecule has 0 aliphatic rings. The largest absolute Gasteiger partial charge is 0.480 e. The van der Waals surface area contributed by atoms with E-state index in [1.807, 2.05) is 13.8 Å². The van der Waals surface area contributed by atoms with E-state index < -0.39 is 18.0 Å². The van der Waals surface area contributed by atoms with Gasteiger partial charge in [-0.1, -0.05) is 0 Å². The van der Waals surface area contributed by atoms with Crippen LogP contribution >= 0.6 is 0 Å². The highest BCUT2D eigenvalue weighted by Gasteiger charge is 2.22. The van der Waals surface area contributed by atoms with E-state index in [4.69, 9.17) is 21.0 Å². The summed E-state index contributed by atoms with van der Waals surface area (Å²) < 4.78 is 10.4. The van der Waals surface area contributed by atoms with Gasteiger partial charge in [-0.3, -0.25) is 0 Å². The maximum absolute atomic E-state index is 12.1. The zero-order valence-corrected chi connectivity index (χ0v) is 12.6. The van der Waals surface area contributed by atoms with Gasteiger partial charge in [0.2, 0.25) is 0 Å². The number of rotatable bonds is 11. The number of terminal acetylenes is 1. The molecule has 0 fully saturated rings. The Balaban J connectivity index is 4.51. The van der Waals surface area contributed by atoms with Gasteiger partial charge in [-0.25, -0.2) is 9.59 Å². The third kappa shape index (κ3) is 8.89. The quantitative estimate of drug-likeness (QED) is 0.430. The number of carboxylic acid groups (broad SMARTS) is 1. The summed E-state index contributed by atoms with van der Waals surface area (Å²) in [6.07, 6.45) is 5.03. The predicted molar refractivity (Wildman–Crippen MR) is 78.0 cm³/mol. The molecule has 0 saturated carbocycles. The number of aliphatic carboxylic acids is 1. The Kier molecular flexibility index (Phi) is 11.0. The molecule has 120 valence electrons. The maximum Gasteiger partial charge on any atom is 0.327 e. The molecular formula is C14H24N2O5. The lowest BCUT2D eigenvalue weighted by Crippen LogP contribution is -2.49. The summed E-state index contributed by atoms with van der Waals surface area (Å²) in [5, 5.41) is 11.4. The number of carbonyl (C=O) groups excluding carboxylic acids is 1. The first kappa shape index (κ1) is 19.2. The lowest BCUT2D eigenvalue weighted by Gasteiger charge is -2.24. The smallest absolute Gasteiger partial charge is 0.327 e. The number of ether oxygens (including phenoxy) is 2. The van der Waals surface area contributed by atoms with Gasteiger partial charge in [-0.2, -0.15) is 0 Å². The molecule has 21 heavy (non-hydrogen) atoms. The van der Waals surface area contributed by atoms with Crippen LogP contribution in [0.4, 0.5) is 4.79 Å². The van der Waals surface area contributed by atoms with Gasteiger partial charge in [0.15, 0.2) is 0 Å². The van der Waals surface area contributed by atoms with Crippen LogP contribution in [0.2, 0.25) is 0 Å². The summed E-state index contributed by atoms with van der Waals surface area (Å²) >= 11 is 0. The number of amides is 2. The van der Waals surface area contributed by atoms with Crippen LogP contribution in [0.5, 0.6) is 0 Å². The Bertz CT molecular complexity index is 344. The third-order valence-electron chi connectivity index (χ3n) is 2.62. The highest BCUT2D eigenvalue weighted by atomic mass is 16.5. The summed E-state index contributed by atoms with van der Waals surface area (Å²) in [7, 11) is 0. The zero-order chi connectivity index (χ0) is 16.1. The Morgan fingerprint density at radius 3 is 2.14 bits per heavy atom. The van der Waals surface area contributed by atoms with Crippen molar-refractivity contribution in [2.45, 2.75) is 26.3 Å². The van der Waals surface area contributed by atoms with Crippen LogP contribution in [0.25, 0.3) is 0 Å². The molecule has 0 heterocycles. The minimum absolute atomic E-state index is 0.0637. The molecule has 1 atom stereocenters. The molecule has 0 rings (SSSR count). The first-order valence-electron chi connectivity index (χ1n) is 6.93. The normalized spacial score (nSPS) is 11.5. The molecular weight excluding hydrogens is 276 g/mol. The van der Waals surface area contributed by atoms with Gasteiger partial charge in [0.25, 0.3) is 0 Å². The van der Waals surface area contributed by atoms with Gasteiger partial charge in [-0.05, 0) is 13.8 Å². The van der Waals surface area contributed by atoms with E-state index in [0.717, 1.165) is 0 Å². The Morgan fingerprint density at radius 2 is 1.76 bits per heavy atom. The summed E-state index contributed by atoms with van der Waals surface area (Å²) in [5.41, 5.74) is 0. The maximum atomic E-state index is 12.1. The molecule has 7 nitrogen and oxygen atoms in total. The third-order valence-corrected chi connectivity index (χ3v) is 2.62. The van der Waals surface area contributed by atoms with E-state index in [1.54, 1.807) is 0 Å². The molecule has 0 radical (unpaired) electrons.